The Morgan fingerprint density at radius 2 is 1.88 bits per heavy atom. The highest BCUT2D eigenvalue weighted by Crippen LogP contribution is 2.17. The van der Waals surface area contributed by atoms with Crippen molar-refractivity contribution >= 4 is 12.2 Å². The number of rotatable bonds is 5. The molecule has 0 aliphatic carbocycles. The van der Waals surface area contributed by atoms with Crippen LogP contribution in [-0.2, 0) is 5.54 Å². The zero-order valence-electron chi connectivity index (χ0n) is 11.0. The number of aromatic nitrogens is 3. The van der Waals surface area contributed by atoms with E-state index in [2.05, 4.69) is 44.2 Å². The summed E-state index contributed by atoms with van der Waals surface area (Å²) in [5, 5.41) is 10.3. The molecule has 0 aliphatic heterocycles. The zero-order valence-corrected chi connectivity index (χ0v) is 11.0. The Morgan fingerprint density at radius 3 is 2.41 bits per heavy atom. The molecule has 0 saturated carbocycles. The van der Waals surface area contributed by atoms with Gasteiger partial charge in [-0.3, -0.25) is 0 Å². The summed E-state index contributed by atoms with van der Waals surface area (Å²) in [6.45, 7) is 13.9. The van der Waals surface area contributed by atoms with E-state index in [1.165, 1.54) is 0 Å². The fourth-order valence-electron chi connectivity index (χ4n) is 1.96. The van der Waals surface area contributed by atoms with E-state index in [4.69, 9.17) is 0 Å². The van der Waals surface area contributed by atoms with Gasteiger partial charge < -0.3 is 0 Å². The maximum absolute atomic E-state index is 4.25. The second kappa shape index (κ2) is 5.62. The minimum atomic E-state index is -0.0378. The summed E-state index contributed by atoms with van der Waals surface area (Å²) in [4.78, 5) is 0. The Balaban J connectivity index is 3.46. The van der Waals surface area contributed by atoms with Crippen molar-refractivity contribution in [2.75, 3.05) is 0 Å². The molecule has 0 atom stereocenters. The fourth-order valence-corrected chi connectivity index (χ4v) is 1.96. The summed E-state index contributed by atoms with van der Waals surface area (Å²) < 4.78 is 1.97. The Bertz CT molecular complexity index is 506. The van der Waals surface area contributed by atoms with Gasteiger partial charge >= 0.3 is 0 Å². The van der Waals surface area contributed by atoms with Crippen molar-refractivity contribution < 1.29 is 0 Å². The van der Waals surface area contributed by atoms with E-state index in [-0.39, 0.29) is 5.54 Å². The van der Waals surface area contributed by atoms with Crippen LogP contribution in [-0.4, -0.2) is 15.0 Å². The first-order valence-electron chi connectivity index (χ1n) is 5.94. The van der Waals surface area contributed by atoms with Crippen molar-refractivity contribution in [3.63, 3.8) is 0 Å². The lowest BCUT2D eigenvalue weighted by Crippen LogP contribution is -2.40. The molecule has 0 amide bonds. The Labute approximate surface area is 103 Å². The topological polar surface area (TPSA) is 30.7 Å². The first-order chi connectivity index (χ1) is 8.06. The molecule has 92 valence electrons. The Kier molecular flexibility index (Phi) is 4.44. The van der Waals surface area contributed by atoms with Gasteiger partial charge in [0.2, 0.25) is 0 Å². The summed E-state index contributed by atoms with van der Waals surface area (Å²) >= 11 is 0. The van der Waals surface area contributed by atoms with Gasteiger partial charge in [0, 0.05) is 0 Å². The summed E-state index contributed by atoms with van der Waals surface area (Å²) in [6, 6.07) is 0. The van der Waals surface area contributed by atoms with Gasteiger partial charge in [-0.1, -0.05) is 43.9 Å². The largest absolute Gasteiger partial charge is 0.239 e. The van der Waals surface area contributed by atoms with Gasteiger partial charge in [0.05, 0.1) is 10.9 Å². The van der Waals surface area contributed by atoms with E-state index >= 15 is 0 Å². The molecule has 0 aromatic carbocycles. The molecule has 1 aromatic heterocycles. The van der Waals surface area contributed by atoms with Gasteiger partial charge in [0.25, 0.3) is 0 Å². The standard InChI is InChI=1S/C14H21N3/c1-6-9-12-13(10-7-2)17(16-15-12)14(4,5)11-8-3/h6-7,9-10H,1-2,8,11H2,3-5H3/b12-9+,13-10+. The average Bonchev–Trinajstić information content (AvgIpc) is 2.64. The van der Waals surface area contributed by atoms with E-state index < -0.39 is 0 Å². The van der Waals surface area contributed by atoms with Gasteiger partial charge in [-0.2, -0.15) is 0 Å². The van der Waals surface area contributed by atoms with Gasteiger partial charge in [-0.15, -0.1) is 5.10 Å². The molecular weight excluding hydrogens is 210 g/mol. The lowest BCUT2D eigenvalue weighted by molar-refractivity contribution is 0.279. The molecule has 0 aliphatic rings. The molecule has 1 rings (SSSR count). The van der Waals surface area contributed by atoms with Crippen molar-refractivity contribution in [3.05, 3.63) is 36.0 Å². The van der Waals surface area contributed by atoms with E-state index in [1.54, 1.807) is 12.2 Å². The van der Waals surface area contributed by atoms with Crippen LogP contribution in [0.4, 0.5) is 0 Å². The molecule has 3 heteroatoms. The molecule has 1 heterocycles. The zero-order chi connectivity index (χ0) is 12.9. The van der Waals surface area contributed by atoms with Crippen LogP contribution < -0.4 is 10.7 Å². The van der Waals surface area contributed by atoms with E-state index in [1.807, 2.05) is 16.8 Å². The van der Waals surface area contributed by atoms with Gasteiger partial charge in [-0.25, -0.2) is 4.68 Å². The van der Waals surface area contributed by atoms with Crippen LogP contribution >= 0.6 is 0 Å². The summed E-state index contributed by atoms with van der Waals surface area (Å²) in [7, 11) is 0. The van der Waals surface area contributed by atoms with Gasteiger partial charge in [0.15, 0.2) is 0 Å². The highest BCUT2D eigenvalue weighted by molar-refractivity contribution is 5.38. The van der Waals surface area contributed by atoms with Crippen LogP contribution in [0.25, 0.3) is 12.2 Å². The van der Waals surface area contributed by atoms with Crippen LogP contribution in [0.5, 0.6) is 0 Å². The van der Waals surface area contributed by atoms with E-state index in [0.29, 0.717) is 0 Å². The van der Waals surface area contributed by atoms with E-state index in [0.717, 1.165) is 23.5 Å². The van der Waals surface area contributed by atoms with Crippen LogP contribution in [0.2, 0.25) is 0 Å². The van der Waals surface area contributed by atoms with Crippen molar-refractivity contribution in [3.8, 4) is 0 Å². The monoisotopic (exact) mass is 231 g/mol. The van der Waals surface area contributed by atoms with Crippen LogP contribution in [0, 0.1) is 0 Å². The average molecular weight is 231 g/mol. The normalized spacial score (nSPS) is 14.1. The number of hydrogen-bond acceptors (Lipinski definition) is 2. The molecule has 0 radical (unpaired) electrons. The number of hydrogen-bond donors (Lipinski definition) is 0. The molecule has 3 nitrogen and oxygen atoms in total. The minimum Gasteiger partial charge on any atom is -0.239 e. The first-order valence-corrected chi connectivity index (χ1v) is 5.94. The van der Waals surface area contributed by atoms with Crippen molar-refractivity contribution in [1.82, 2.24) is 15.0 Å². The Hall–Kier alpha value is -1.64. The Morgan fingerprint density at radius 1 is 1.24 bits per heavy atom. The van der Waals surface area contributed by atoms with Crippen molar-refractivity contribution in [2.24, 2.45) is 0 Å². The van der Waals surface area contributed by atoms with E-state index in [9.17, 15) is 0 Å². The first kappa shape index (κ1) is 13.4. The molecule has 0 bridgehead atoms. The maximum atomic E-state index is 4.25. The number of nitrogens with zero attached hydrogens (tertiary/aromatic N) is 3. The quantitative estimate of drug-likeness (QED) is 0.773. The van der Waals surface area contributed by atoms with Crippen LogP contribution in [0.1, 0.15) is 33.6 Å². The molecular formula is C14H21N3. The molecule has 0 fully saturated rings. The lowest BCUT2D eigenvalue weighted by atomic mass is 9.99. The third kappa shape index (κ3) is 2.93. The highest BCUT2D eigenvalue weighted by atomic mass is 15.4. The summed E-state index contributed by atoms with van der Waals surface area (Å²) in [5.41, 5.74) is -0.0378. The molecule has 1 aromatic rings. The summed E-state index contributed by atoms with van der Waals surface area (Å²) in [6.07, 6.45) is 9.45. The molecule has 17 heavy (non-hydrogen) atoms. The van der Waals surface area contributed by atoms with Gasteiger partial charge in [-0.05, 0) is 32.4 Å². The lowest BCUT2D eigenvalue weighted by Gasteiger charge is -2.24. The second-order valence-electron chi connectivity index (χ2n) is 4.64. The van der Waals surface area contributed by atoms with Crippen molar-refractivity contribution in [1.29, 1.82) is 0 Å². The second-order valence-corrected chi connectivity index (χ2v) is 4.64. The predicted octanol–water partition coefficient (Wildman–Crippen LogP) is 1.75. The highest BCUT2D eigenvalue weighted by Gasteiger charge is 2.21. The van der Waals surface area contributed by atoms with Crippen LogP contribution in [0.3, 0.4) is 0 Å². The van der Waals surface area contributed by atoms with Crippen molar-refractivity contribution in [2.45, 2.75) is 39.2 Å². The SMILES string of the molecule is C=C/C=c1/nnn(C(C)(C)CCC)/c1=C/C=C. The minimum absolute atomic E-state index is 0.0378. The third-order valence-electron chi connectivity index (χ3n) is 2.72. The maximum Gasteiger partial charge on any atom is 0.113 e. The number of allylic oxidation sites excluding steroid dienone is 2. The molecule has 0 N–H and O–H groups in total. The third-order valence-corrected chi connectivity index (χ3v) is 2.72. The predicted molar refractivity (Wildman–Crippen MR) is 72.8 cm³/mol. The molecule has 0 saturated heterocycles. The van der Waals surface area contributed by atoms with Crippen LogP contribution in [0.15, 0.2) is 25.3 Å². The van der Waals surface area contributed by atoms with Gasteiger partial charge in [0.1, 0.15) is 5.35 Å². The smallest absolute Gasteiger partial charge is 0.113 e. The molecule has 0 unspecified atom stereocenters. The fraction of sp³-hybridized carbons (Fsp3) is 0.429. The summed E-state index contributed by atoms with van der Waals surface area (Å²) in [5.74, 6) is 0. The molecule has 0 spiro atoms.